The molecule has 0 heterocycles. The fourth-order valence-corrected chi connectivity index (χ4v) is 2.17. The molecule has 6 heteroatoms. The Morgan fingerprint density at radius 3 is 2.65 bits per heavy atom. The van der Waals surface area contributed by atoms with E-state index in [-0.39, 0.29) is 17.4 Å². The van der Waals surface area contributed by atoms with E-state index >= 15 is 0 Å². The molecule has 0 bridgehead atoms. The van der Waals surface area contributed by atoms with Gasteiger partial charge in [-0.15, -0.1) is 0 Å². The molecule has 5 nitrogen and oxygen atoms in total. The van der Waals surface area contributed by atoms with Crippen LogP contribution in [0.15, 0.2) is 42.5 Å². The van der Waals surface area contributed by atoms with Gasteiger partial charge in [-0.2, -0.15) is 0 Å². The first-order chi connectivity index (χ1) is 9.49. The van der Waals surface area contributed by atoms with Crippen molar-refractivity contribution in [3.63, 3.8) is 0 Å². The van der Waals surface area contributed by atoms with Gasteiger partial charge in [0.15, 0.2) is 0 Å². The van der Waals surface area contributed by atoms with Gasteiger partial charge in [0.25, 0.3) is 0 Å². The number of nitrogens with one attached hydrogen (secondary N) is 1. The van der Waals surface area contributed by atoms with Gasteiger partial charge in [-0.1, -0.05) is 29.8 Å². The maximum atomic E-state index is 11.1. The summed E-state index contributed by atoms with van der Waals surface area (Å²) in [7, 11) is 0. The summed E-state index contributed by atoms with van der Waals surface area (Å²) < 4.78 is 0. The summed E-state index contributed by atoms with van der Waals surface area (Å²) in [5.74, 6) is 0. The lowest BCUT2D eigenvalue weighted by molar-refractivity contribution is -0.383. The third-order valence-electron chi connectivity index (χ3n) is 2.97. The number of rotatable bonds is 4. The monoisotopic (exact) mass is 291 g/mol. The van der Waals surface area contributed by atoms with Gasteiger partial charge in [0.1, 0.15) is 11.4 Å². The quantitative estimate of drug-likeness (QED) is 0.507. The molecule has 0 radical (unpaired) electrons. The molecular weight excluding hydrogens is 278 g/mol. The maximum Gasteiger partial charge on any atom is 0.314 e. The van der Waals surface area contributed by atoms with Gasteiger partial charge in [0.05, 0.1) is 4.92 Å². The first-order valence-corrected chi connectivity index (χ1v) is 6.41. The van der Waals surface area contributed by atoms with Crippen LogP contribution in [0.1, 0.15) is 18.5 Å². The molecule has 3 N–H and O–H groups in total. The first kappa shape index (κ1) is 14.1. The van der Waals surface area contributed by atoms with Crippen molar-refractivity contribution < 1.29 is 4.92 Å². The predicted octanol–water partition coefficient (Wildman–Crippen LogP) is 4.00. The van der Waals surface area contributed by atoms with Gasteiger partial charge in [-0.25, -0.2) is 0 Å². The molecule has 0 saturated carbocycles. The van der Waals surface area contributed by atoms with E-state index in [2.05, 4.69) is 5.32 Å². The van der Waals surface area contributed by atoms with Gasteiger partial charge >= 0.3 is 5.69 Å². The number of nitrogens with two attached hydrogens (primary N) is 1. The van der Waals surface area contributed by atoms with Crippen LogP contribution in [0.5, 0.6) is 0 Å². The molecule has 0 aliphatic carbocycles. The summed E-state index contributed by atoms with van der Waals surface area (Å²) in [5.41, 5.74) is 7.02. The minimum Gasteiger partial charge on any atom is -0.393 e. The lowest BCUT2D eigenvalue weighted by Crippen LogP contribution is -2.09. The number of hydrogen-bond acceptors (Lipinski definition) is 4. The second kappa shape index (κ2) is 5.79. The lowest BCUT2D eigenvalue weighted by Gasteiger charge is -2.16. The smallest absolute Gasteiger partial charge is 0.314 e. The average Bonchev–Trinajstić information content (AvgIpc) is 2.38. The number of anilines is 2. The summed E-state index contributed by atoms with van der Waals surface area (Å²) in [5, 5.41) is 14.8. The van der Waals surface area contributed by atoms with Gasteiger partial charge in [0.2, 0.25) is 0 Å². The van der Waals surface area contributed by atoms with Crippen molar-refractivity contribution in [1.82, 2.24) is 0 Å². The third kappa shape index (κ3) is 3.00. The number of halogens is 1. The van der Waals surface area contributed by atoms with Crippen molar-refractivity contribution in [2.45, 2.75) is 13.0 Å². The van der Waals surface area contributed by atoms with E-state index in [9.17, 15) is 10.1 Å². The molecule has 0 aliphatic heterocycles. The minimum absolute atomic E-state index is 0.110. The number of nitro groups is 1. The molecule has 0 aliphatic rings. The molecule has 0 aromatic heterocycles. The Bertz CT molecular complexity index is 646. The van der Waals surface area contributed by atoms with E-state index in [1.807, 2.05) is 25.1 Å². The molecule has 20 heavy (non-hydrogen) atoms. The average molecular weight is 292 g/mol. The van der Waals surface area contributed by atoms with Gasteiger partial charge < -0.3 is 11.1 Å². The summed E-state index contributed by atoms with van der Waals surface area (Å²) >= 11 is 5.94. The predicted molar refractivity (Wildman–Crippen MR) is 81.0 cm³/mol. The van der Waals surface area contributed by atoms with Crippen molar-refractivity contribution in [3.05, 3.63) is 63.2 Å². The highest BCUT2D eigenvalue weighted by Gasteiger charge is 2.19. The number of nitrogens with zero attached hydrogens (tertiary/aromatic N) is 1. The normalized spacial score (nSPS) is 11.9. The number of benzene rings is 2. The van der Waals surface area contributed by atoms with E-state index < -0.39 is 4.92 Å². The van der Waals surface area contributed by atoms with Crippen LogP contribution in [0.2, 0.25) is 5.02 Å². The summed E-state index contributed by atoms with van der Waals surface area (Å²) in [6, 6.07) is 12.0. The van der Waals surface area contributed by atoms with E-state index in [0.717, 1.165) is 5.56 Å². The molecular formula is C14H14ClN3O2. The summed E-state index contributed by atoms with van der Waals surface area (Å²) in [4.78, 5) is 10.6. The Labute approximate surface area is 121 Å². The maximum absolute atomic E-state index is 11.1. The summed E-state index contributed by atoms with van der Waals surface area (Å²) in [6.45, 7) is 1.90. The number of nitrogen functional groups attached to an aromatic ring is 1. The second-order valence-corrected chi connectivity index (χ2v) is 4.86. The van der Waals surface area contributed by atoms with Crippen LogP contribution >= 0.6 is 11.6 Å². The van der Waals surface area contributed by atoms with Crippen molar-refractivity contribution in [2.24, 2.45) is 0 Å². The zero-order valence-corrected chi connectivity index (χ0v) is 11.6. The van der Waals surface area contributed by atoms with Gasteiger partial charge in [0, 0.05) is 11.1 Å². The zero-order chi connectivity index (χ0) is 14.7. The lowest BCUT2D eigenvalue weighted by atomic mass is 10.1. The number of hydrogen-bond donors (Lipinski definition) is 2. The molecule has 104 valence electrons. The van der Waals surface area contributed by atoms with Gasteiger partial charge in [-0.05, 0) is 36.8 Å². The minimum atomic E-state index is -0.484. The number of para-hydroxylation sites is 1. The Kier molecular flexibility index (Phi) is 4.10. The first-order valence-electron chi connectivity index (χ1n) is 6.04. The zero-order valence-electron chi connectivity index (χ0n) is 10.8. The second-order valence-electron chi connectivity index (χ2n) is 4.42. The highest BCUT2D eigenvalue weighted by atomic mass is 35.5. The Balaban J connectivity index is 2.30. The van der Waals surface area contributed by atoms with Crippen LogP contribution in [0, 0.1) is 10.1 Å². The summed E-state index contributed by atoms with van der Waals surface area (Å²) in [6.07, 6.45) is 0. The van der Waals surface area contributed by atoms with Crippen LogP contribution in [0.25, 0.3) is 0 Å². The van der Waals surface area contributed by atoms with E-state index in [0.29, 0.717) is 10.7 Å². The van der Waals surface area contributed by atoms with Crippen molar-refractivity contribution >= 4 is 28.7 Å². The fraction of sp³-hybridized carbons (Fsp3) is 0.143. The molecule has 2 aromatic rings. The molecule has 1 atom stereocenters. The molecule has 0 saturated heterocycles. The molecule has 0 fully saturated rings. The van der Waals surface area contributed by atoms with Crippen molar-refractivity contribution in [2.75, 3.05) is 11.1 Å². The largest absolute Gasteiger partial charge is 0.393 e. The molecule has 0 spiro atoms. The van der Waals surface area contributed by atoms with Crippen LogP contribution in [0.4, 0.5) is 17.1 Å². The topological polar surface area (TPSA) is 81.2 Å². The standard InChI is InChI=1S/C14H14ClN3O2/c1-9(10-4-2-5-11(15)8-10)17-13-7-3-6-12(16)14(13)18(19)20/h2-9,17H,16H2,1H3. The Morgan fingerprint density at radius 2 is 2.00 bits per heavy atom. The highest BCUT2D eigenvalue weighted by molar-refractivity contribution is 6.30. The van der Waals surface area contributed by atoms with Crippen LogP contribution in [-0.2, 0) is 0 Å². The van der Waals surface area contributed by atoms with E-state index in [4.69, 9.17) is 17.3 Å². The molecule has 0 amide bonds. The molecule has 1 unspecified atom stereocenters. The highest BCUT2D eigenvalue weighted by Crippen LogP contribution is 2.33. The van der Waals surface area contributed by atoms with Crippen LogP contribution in [0.3, 0.4) is 0 Å². The third-order valence-corrected chi connectivity index (χ3v) is 3.21. The van der Waals surface area contributed by atoms with Crippen LogP contribution in [-0.4, -0.2) is 4.92 Å². The van der Waals surface area contributed by atoms with Crippen molar-refractivity contribution in [1.29, 1.82) is 0 Å². The molecule has 2 rings (SSSR count). The van der Waals surface area contributed by atoms with E-state index in [1.54, 1.807) is 18.2 Å². The SMILES string of the molecule is CC(Nc1cccc(N)c1[N+](=O)[O-])c1cccc(Cl)c1. The van der Waals surface area contributed by atoms with Crippen molar-refractivity contribution in [3.8, 4) is 0 Å². The van der Waals surface area contributed by atoms with Gasteiger partial charge in [-0.3, -0.25) is 10.1 Å². The Morgan fingerprint density at radius 1 is 1.30 bits per heavy atom. The molecule has 2 aromatic carbocycles. The fourth-order valence-electron chi connectivity index (χ4n) is 1.97. The van der Waals surface area contributed by atoms with E-state index in [1.165, 1.54) is 6.07 Å². The number of nitro benzene ring substituents is 1. The van der Waals surface area contributed by atoms with Crippen LogP contribution < -0.4 is 11.1 Å². The Hall–Kier alpha value is -2.27.